The van der Waals surface area contributed by atoms with Crippen LogP contribution in [0.1, 0.15) is 18.4 Å². The first kappa shape index (κ1) is 25.0. The predicted octanol–water partition coefficient (Wildman–Crippen LogP) is -2.71. The summed E-state index contributed by atoms with van der Waals surface area (Å²) in [5.74, 6) is -3.51. The van der Waals surface area contributed by atoms with Crippen molar-refractivity contribution in [2.45, 2.75) is 43.4 Å². The summed E-state index contributed by atoms with van der Waals surface area (Å²) < 4.78 is 0. The summed E-state index contributed by atoms with van der Waals surface area (Å²) in [5.41, 5.74) is 6.77. The topological polar surface area (TPSA) is 203 Å². The highest BCUT2D eigenvalue weighted by Gasteiger charge is 2.37. The third kappa shape index (κ3) is 6.39. The van der Waals surface area contributed by atoms with Crippen molar-refractivity contribution < 1.29 is 39.6 Å². The normalized spacial score (nSPS) is 18.5. The van der Waals surface area contributed by atoms with Gasteiger partial charge in [-0.05, 0) is 37.0 Å². The van der Waals surface area contributed by atoms with Crippen molar-refractivity contribution in [2.24, 2.45) is 5.73 Å². The number of aliphatic hydroxyl groups is 2. The van der Waals surface area contributed by atoms with E-state index < -0.39 is 61.1 Å². The molecule has 1 saturated heterocycles. The number of phenolic OH excluding ortho intramolecular Hbond substituents is 1. The lowest BCUT2D eigenvalue weighted by Crippen LogP contribution is -2.58. The van der Waals surface area contributed by atoms with E-state index >= 15 is 0 Å². The van der Waals surface area contributed by atoms with Crippen LogP contribution in [0, 0.1) is 0 Å². The van der Waals surface area contributed by atoms with Crippen LogP contribution < -0.4 is 16.4 Å². The molecule has 1 fully saturated rings. The van der Waals surface area contributed by atoms with E-state index in [4.69, 9.17) is 15.9 Å². The quantitative estimate of drug-likeness (QED) is 0.197. The Labute approximate surface area is 184 Å². The molecule has 1 aromatic carbocycles. The number of amides is 3. The number of hydrogen-bond donors (Lipinski definition) is 7. The Morgan fingerprint density at radius 1 is 1.06 bits per heavy atom. The van der Waals surface area contributed by atoms with Gasteiger partial charge in [0.25, 0.3) is 0 Å². The molecule has 0 spiro atoms. The van der Waals surface area contributed by atoms with Gasteiger partial charge in [-0.1, -0.05) is 12.1 Å². The fourth-order valence-corrected chi connectivity index (χ4v) is 3.41. The van der Waals surface area contributed by atoms with Gasteiger partial charge in [-0.25, -0.2) is 4.79 Å². The lowest BCUT2D eigenvalue weighted by Gasteiger charge is -2.28. The highest BCUT2D eigenvalue weighted by molar-refractivity contribution is 5.94. The van der Waals surface area contributed by atoms with E-state index in [-0.39, 0.29) is 12.2 Å². The Balaban J connectivity index is 2.00. The molecule has 0 aromatic heterocycles. The zero-order valence-corrected chi connectivity index (χ0v) is 17.3. The highest BCUT2D eigenvalue weighted by atomic mass is 16.4. The van der Waals surface area contributed by atoms with E-state index in [1.54, 1.807) is 12.1 Å². The number of nitrogens with zero attached hydrogens (tertiary/aromatic N) is 1. The molecule has 2 rings (SSSR count). The molecule has 4 unspecified atom stereocenters. The Kier molecular flexibility index (Phi) is 8.93. The second kappa shape index (κ2) is 11.4. The van der Waals surface area contributed by atoms with Crippen LogP contribution in [0.4, 0.5) is 0 Å². The molecule has 176 valence electrons. The number of aliphatic hydroxyl groups excluding tert-OH is 2. The second-order valence-corrected chi connectivity index (χ2v) is 7.49. The number of hydrogen-bond acceptors (Lipinski definition) is 8. The highest BCUT2D eigenvalue weighted by Crippen LogP contribution is 2.20. The van der Waals surface area contributed by atoms with Crippen LogP contribution in [0.15, 0.2) is 24.3 Å². The fraction of sp³-hybridized carbons (Fsp3) is 0.500. The molecular weight excluding hydrogens is 424 g/mol. The van der Waals surface area contributed by atoms with Crippen LogP contribution in [0.3, 0.4) is 0 Å². The first-order valence-electron chi connectivity index (χ1n) is 10.1. The number of phenols is 1. The third-order valence-electron chi connectivity index (χ3n) is 5.16. The summed E-state index contributed by atoms with van der Waals surface area (Å²) in [7, 11) is 0. The van der Waals surface area contributed by atoms with Crippen molar-refractivity contribution in [2.75, 3.05) is 19.8 Å². The maximum absolute atomic E-state index is 12.8. The van der Waals surface area contributed by atoms with E-state index in [0.717, 1.165) is 5.56 Å². The van der Waals surface area contributed by atoms with Gasteiger partial charge in [-0.3, -0.25) is 14.4 Å². The van der Waals surface area contributed by atoms with Crippen LogP contribution in [-0.2, 0) is 25.6 Å². The molecule has 1 aromatic rings. The van der Waals surface area contributed by atoms with Gasteiger partial charge in [0.1, 0.15) is 23.9 Å². The predicted molar refractivity (Wildman–Crippen MR) is 110 cm³/mol. The number of likely N-dealkylation sites (tertiary alicyclic amines) is 1. The molecule has 1 aliphatic rings. The summed E-state index contributed by atoms with van der Waals surface area (Å²) in [4.78, 5) is 50.0. The molecule has 8 N–H and O–H groups in total. The smallest absolute Gasteiger partial charge is 0.328 e. The maximum atomic E-state index is 12.8. The van der Waals surface area contributed by atoms with Crippen LogP contribution in [0.2, 0.25) is 0 Å². The van der Waals surface area contributed by atoms with E-state index in [2.05, 4.69) is 5.32 Å². The van der Waals surface area contributed by atoms with Crippen molar-refractivity contribution in [1.29, 1.82) is 0 Å². The monoisotopic (exact) mass is 452 g/mol. The number of carboxylic acids is 1. The molecule has 4 atom stereocenters. The Hall–Kier alpha value is -3.22. The molecule has 3 amide bonds. The summed E-state index contributed by atoms with van der Waals surface area (Å²) in [6.45, 7) is -1.38. The number of carboxylic acid groups (broad SMARTS) is 1. The molecule has 0 radical (unpaired) electrons. The Bertz CT molecular complexity index is 831. The molecule has 1 aliphatic heterocycles. The van der Waals surface area contributed by atoms with Crippen molar-refractivity contribution in [3.8, 4) is 5.75 Å². The van der Waals surface area contributed by atoms with Gasteiger partial charge >= 0.3 is 5.97 Å². The zero-order chi connectivity index (χ0) is 23.8. The van der Waals surface area contributed by atoms with Crippen LogP contribution in [0.5, 0.6) is 5.75 Å². The van der Waals surface area contributed by atoms with E-state index in [0.29, 0.717) is 19.4 Å². The van der Waals surface area contributed by atoms with Gasteiger partial charge in [0.15, 0.2) is 0 Å². The number of rotatable bonds is 10. The summed E-state index contributed by atoms with van der Waals surface area (Å²) in [6.07, 6.45) is 1.07. The molecule has 1 heterocycles. The lowest BCUT2D eigenvalue weighted by molar-refractivity contribution is -0.144. The number of nitrogens with one attached hydrogen (secondary N) is 2. The molecule has 32 heavy (non-hydrogen) atoms. The molecule has 12 nitrogen and oxygen atoms in total. The van der Waals surface area contributed by atoms with Gasteiger partial charge in [0, 0.05) is 6.54 Å². The zero-order valence-electron chi connectivity index (χ0n) is 17.3. The standard InChI is InChI=1S/C20H28N4O8/c21-13(8-11-3-5-12(27)6-4-11)19(30)24-7-1-2-16(24)18(29)22-14(9-25)17(28)23-15(10-26)20(31)32/h3-6,13-16,25-27H,1-2,7-10,21H2,(H,22,29)(H,23,28)(H,31,32). The van der Waals surface area contributed by atoms with Crippen molar-refractivity contribution in [3.05, 3.63) is 29.8 Å². The third-order valence-corrected chi connectivity index (χ3v) is 5.16. The first-order chi connectivity index (χ1) is 15.2. The second-order valence-electron chi connectivity index (χ2n) is 7.49. The van der Waals surface area contributed by atoms with E-state index in [1.165, 1.54) is 17.0 Å². The number of nitrogens with two attached hydrogens (primary N) is 1. The lowest BCUT2D eigenvalue weighted by atomic mass is 10.0. The minimum atomic E-state index is -1.59. The van der Waals surface area contributed by atoms with E-state index in [9.17, 15) is 29.4 Å². The summed E-state index contributed by atoms with van der Waals surface area (Å²) in [6, 6.07) is 1.36. The van der Waals surface area contributed by atoms with Crippen LogP contribution in [-0.4, -0.2) is 92.9 Å². The molecular formula is C20H28N4O8. The Morgan fingerprint density at radius 2 is 1.69 bits per heavy atom. The number of aromatic hydroxyl groups is 1. The first-order valence-corrected chi connectivity index (χ1v) is 10.1. The van der Waals surface area contributed by atoms with Gasteiger partial charge in [-0.2, -0.15) is 0 Å². The average Bonchev–Trinajstić information content (AvgIpc) is 3.26. The van der Waals surface area contributed by atoms with E-state index in [1.807, 2.05) is 5.32 Å². The Morgan fingerprint density at radius 3 is 2.25 bits per heavy atom. The molecule has 0 saturated carbocycles. The van der Waals surface area contributed by atoms with Gasteiger partial charge in [-0.15, -0.1) is 0 Å². The minimum Gasteiger partial charge on any atom is -0.508 e. The molecule has 12 heteroatoms. The summed E-state index contributed by atoms with van der Waals surface area (Å²) in [5, 5.41) is 41.1. The van der Waals surface area contributed by atoms with Crippen molar-refractivity contribution >= 4 is 23.7 Å². The number of aliphatic carboxylic acids is 1. The maximum Gasteiger partial charge on any atom is 0.328 e. The fourth-order valence-electron chi connectivity index (χ4n) is 3.41. The SMILES string of the molecule is NC(Cc1ccc(O)cc1)C(=O)N1CCCC1C(=O)NC(CO)C(=O)NC(CO)C(=O)O. The largest absolute Gasteiger partial charge is 0.508 e. The van der Waals surface area contributed by atoms with Crippen LogP contribution >= 0.6 is 0 Å². The molecule has 0 bridgehead atoms. The molecule has 0 aliphatic carbocycles. The average molecular weight is 452 g/mol. The van der Waals surface area contributed by atoms with Gasteiger partial charge in [0.05, 0.1) is 19.3 Å². The van der Waals surface area contributed by atoms with Crippen LogP contribution in [0.25, 0.3) is 0 Å². The number of carbonyl (C=O) groups is 4. The minimum absolute atomic E-state index is 0.0843. The van der Waals surface area contributed by atoms with Gasteiger partial charge in [0.2, 0.25) is 17.7 Å². The number of carbonyl (C=O) groups excluding carboxylic acids is 3. The number of benzene rings is 1. The summed E-state index contributed by atoms with van der Waals surface area (Å²) >= 11 is 0. The van der Waals surface area contributed by atoms with Gasteiger partial charge < -0.3 is 41.7 Å². The van der Waals surface area contributed by atoms with Crippen molar-refractivity contribution in [3.63, 3.8) is 0 Å². The van der Waals surface area contributed by atoms with Crippen molar-refractivity contribution in [1.82, 2.24) is 15.5 Å².